The Morgan fingerprint density at radius 2 is 1.29 bits per heavy atom. The summed E-state index contributed by atoms with van der Waals surface area (Å²) in [5, 5.41) is 4.43. The average molecular weight is 628 g/mol. The highest BCUT2D eigenvalue weighted by Gasteiger charge is 2.16. The van der Waals surface area contributed by atoms with Crippen molar-refractivity contribution in [3.63, 3.8) is 0 Å². The van der Waals surface area contributed by atoms with Gasteiger partial charge in [0.1, 0.15) is 11.3 Å². The summed E-state index contributed by atoms with van der Waals surface area (Å²) in [5.74, 6) is 1.08. The molecule has 1 aliphatic rings. The van der Waals surface area contributed by atoms with Gasteiger partial charge in [-0.2, -0.15) is 0 Å². The van der Waals surface area contributed by atoms with Crippen LogP contribution in [0.15, 0.2) is 150 Å². The van der Waals surface area contributed by atoms with Crippen LogP contribution in [-0.2, 0) is 6.42 Å². The first kappa shape index (κ1) is 27.7. The van der Waals surface area contributed by atoms with Crippen LogP contribution in [0.4, 0.5) is 0 Å². The van der Waals surface area contributed by atoms with E-state index in [9.17, 15) is 0 Å². The summed E-state index contributed by atoms with van der Waals surface area (Å²) in [5.41, 5.74) is 13.8. The lowest BCUT2D eigenvalue weighted by molar-refractivity contribution is 0.546. The highest BCUT2D eigenvalue weighted by Crippen LogP contribution is 2.38. The maximum atomic E-state index is 6.25. The molecule has 0 bridgehead atoms. The Kier molecular flexibility index (Phi) is 6.28. The Labute approximate surface area is 283 Å². The Hall–Kier alpha value is -6.39. The summed E-state index contributed by atoms with van der Waals surface area (Å²) in [6.45, 7) is 0. The molecule has 49 heavy (non-hydrogen) atoms. The molecule has 0 radical (unpaired) electrons. The van der Waals surface area contributed by atoms with E-state index in [2.05, 4.69) is 132 Å². The SMILES string of the molecule is C1=Cc2c(oc3ccc(-c4cc(-c5ccc6nc(-c7ccccc7)ccc6c5)cc(-c5cnc6c(ccc7cccnc76)c5)c4)cc23)CC1. The van der Waals surface area contributed by atoms with E-state index in [0.717, 1.165) is 107 Å². The zero-order valence-electron chi connectivity index (χ0n) is 26.6. The lowest BCUT2D eigenvalue weighted by atomic mass is 9.92. The summed E-state index contributed by atoms with van der Waals surface area (Å²) >= 11 is 0. The van der Waals surface area contributed by atoms with Crippen LogP contribution in [0, 0.1) is 0 Å². The molecule has 1 aliphatic carbocycles. The lowest BCUT2D eigenvalue weighted by Gasteiger charge is -2.13. The van der Waals surface area contributed by atoms with Gasteiger partial charge in [0.15, 0.2) is 0 Å². The van der Waals surface area contributed by atoms with Gasteiger partial charge in [-0.15, -0.1) is 0 Å². The van der Waals surface area contributed by atoms with Gasteiger partial charge >= 0.3 is 0 Å². The highest BCUT2D eigenvalue weighted by molar-refractivity contribution is 6.04. The number of aryl methyl sites for hydroxylation is 1. The molecule has 5 aromatic carbocycles. The Morgan fingerprint density at radius 3 is 2.18 bits per heavy atom. The van der Waals surface area contributed by atoms with Crippen molar-refractivity contribution in [2.75, 3.05) is 0 Å². The number of hydrogen-bond donors (Lipinski definition) is 0. The smallest absolute Gasteiger partial charge is 0.134 e. The molecule has 0 saturated heterocycles. The number of furan rings is 1. The van der Waals surface area contributed by atoms with Gasteiger partial charge in [0, 0.05) is 57.0 Å². The molecule has 230 valence electrons. The van der Waals surface area contributed by atoms with E-state index < -0.39 is 0 Å². The monoisotopic (exact) mass is 627 g/mol. The molecule has 4 aromatic heterocycles. The fraction of sp³-hybridized carbons (Fsp3) is 0.0444. The Balaban J connectivity index is 1.13. The van der Waals surface area contributed by atoms with Crippen molar-refractivity contribution in [1.82, 2.24) is 15.0 Å². The van der Waals surface area contributed by atoms with Crippen LogP contribution in [0.25, 0.3) is 94.4 Å². The second kappa shape index (κ2) is 11.1. The molecule has 4 heteroatoms. The van der Waals surface area contributed by atoms with Gasteiger partial charge in [0.2, 0.25) is 0 Å². The minimum Gasteiger partial charge on any atom is -0.460 e. The van der Waals surface area contributed by atoms with Gasteiger partial charge in [-0.3, -0.25) is 9.97 Å². The molecule has 0 unspecified atom stereocenters. The molecule has 9 aromatic rings. The third kappa shape index (κ3) is 4.80. The van der Waals surface area contributed by atoms with Gasteiger partial charge in [0.25, 0.3) is 0 Å². The van der Waals surface area contributed by atoms with Crippen molar-refractivity contribution in [3.8, 4) is 44.6 Å². The number of fused-ring (bicyclic) bond motifs is 7. The average Bonchev–Trinajstić information content (AvgIpc) is 3.55. The summed E-state index contributed by atoms with van der Waals surface area (Å²) in [6, 6.07) is 45.2. The van der Waals surface area contributed by atoms with Crippen LogP contribution in [0.1, 0.15) is 17.7 Å². The molecule has 0 aliphatic heterocycles. The molecular weight excluding hydrogens is 599 g/mol. The van der Waals surface area contributed by atoms with Crippen molar-refractivity contribution >= 4 is 49.8 Å². The topological polar surface area (TPSA) is 51.8 Å². The van der Waals surface area contributed by atoms with E-state index in [0.29, 0.717) is 0 Å². The quantitative estimate of drug-likeness (QED) is 0.182. The van der Waals surface area contributed by atoms with Gasteiger partial charge in [-0.05, 0) is 94.9 Å². The minimum absolute atomic E-state index is 0.915. The lowest BCUT2D eigenvalue weighted by Crippen LogP contribution is -1.90. The normalized spacial score (nSPS) is 12.7. The van der Waals surface area contributed by atoms with E-state index in [-0.39, 0.29) is 0 Å². The predicted molar refractivity (Wildman–Crippen MR) is 201 cm³/mol. The minimum atomic E-state index is 0.915. The van der Waals surface area contributed by atoms with Crippen LogP contribution in [0.3, 0.4) is 0 Å². The first-order valence-corrected chi connectivity index (χ1v) is 16.7. The first-order valence-electron chi connectivity index (χ1n) is 16.7. The highest BCUT2D eigenvalue weighted by atomic mass is 16.3. The number of benzene rings is 5. The number of rotatable bonds is 4. The number of pyridine rings is 3. The summed E-state index contributed by atoms with van der Waals surface area (Å²) in [4.78, 5) is 14.6. The van der Waals surface area contributed by atoms with Crippen LogP contribution in [-0.4, -0.2) is 15.0 Å². The number of nitrogens with zero attached hydrogens (tertiary/aromatic N) is 3. The van der Waals surface area contributed by atoms with Gasteiger partial charge < -0.3 is 4.42 Å². The molecule has 0 N–H and O–H groups in total. The van der Waals surface area contributed by atoms with Crippen molar-refractivity contribution < 1.29 is 4.42 Å². The van der Waals surface area contributed by atoms with Gasteiger partial charge in [-0.1, -0.05) is 78.9 Å². The molecule has 0 atom stereocenters. The van der Waals surface area contributed by atoms with Gasteiger partial charge in [-0.25, -0.2) is 4.98 Å². The molecular formula is C45H29N3O. The molecule has 0 amide bonds. The second-order valence-electron chi connectivity index (χ2n) is 12.8. The standard InChI is InChI=1S/C45H29N3O/c1-2-7-28(8-3-1)40-18-15-32-21-30(14-17-41(32)48-40)34-23-35(31-16-19-43-39(26-31)38-10-4-5-11-42(38)49-43)25-36(24-34)37-22-33-13-12-29-9-6-20-46-44(29)45(33)47-27-37/h1-4,6-10,12-27H,5,11H2. The predicted octanol–water partition coefficient (Wildman–Crippen LogP) is 11.7. The Bertz CT molecular complexity index is 2780. The van der Waals surface area contributed by atoms with E-state index in [1.54, 1.807) is 0 Å². The second-order valence-corrected chi connectivity index (χ2v) is 12.8. The molecule has 4 heterocycles. The number of allylic oxidation sites excluding steroid dienone is 1. The van der Waals surface area contributed by atoms with Crippen molar-refractivity contribution in [2.24, 2.45) is 0 Å². The maximum Gasteiger partial charge on any atom is 0.134 e. The zero-order valence-corrected chi connectivity index (χ0v) is 26.6. The van der Waals surface area contributed by atoms with Crippen molar-refractivity contribution in [1.29, 1.82) is 0 Å². The Morgan fingerprint density at radius 1 is 0.531 bits per heavy atom. The fourth-order valence-corrected chi connectivity index (χ4v) is 7.23. The fourth-order valence-electron chi connectivity index (χ4n) is 7.23. The van der Waals surface area contributed by atoms with Gasteiger partial charge in [0.05, 0.1) is 22.2 Å². The van der Waals surface area contributed by atoms with E-state index in [1.807, 2.05) is 24.5 Å². The van der Waals surface area contributed by atoms with Crippen molar-refractivity contribution in [2.45, 2.75) is 12.8 Å². The molecule has 10 rings (SSSR count). The molecule has 0 saturated carbocycles. The van der Waals surface area contributed by atoms with Crippen LogP contribution in [0.2, 0.25) is 0 Å². The number of hydrogen-bond acceptors (Lipinski definition) is 4. The third-order valence-electron chi connectivity index (χ3n) is 9.74. The third-order valence-corrected chi connectivity index (χ3v) is 9.74. The number of aromatic nitrogens is 3. The maximum absolute atomic E-state index is 6.25. The van der Waals surface area contributed by atoms with Crippen molar-refractivity contribution in [3.05, 3.63) is 157 Å². The van der Waals surface area contributed by atoms with E-state index in [4.69, 9.17) is 14.4 Å². The van der Waals surface area contributed by atoms with Crippen LogP contribution < -0.4 is 0 Å². The molecule has 0 fully saturated rings. The molecule has 4 nitrogen and oxygen atoms in total. The van der Waals surface area contributed by atoms with E-state index >= 15 is 0 Å². The largest absolute Gasteiger partial charge is 0.460 e. The zero-order chi connectivity index (χ0) is 32.3. The summed E-state index contributed by atoms with van der Waals surface area (Å²) < 4.78 is 6.25. The first-order chi connectivity index (χ1) is 24.2. The van der Waals surface area contributed by atoms with E-state index in [1.165, 1.54) is 5.56 Å². The van der Waals surface area contributed by atoms with Crippen LogP contribution >= 0.6 is 0 Å². The molecule has 0 spiro atoms. The summed E-state index contributed by atoms with van der Waals surface area (Å²) in [7, 11) is 0. The van der Waals surface area contributed by atoms with Crippen LogP contribution in [0.5, 0.6) is 0 Å². The summed E-state index contributed by atoms with van der Waals surface area (Å²) in [6.07, 6.45) is 10.2.